The van der Waals surface area contributed by atoms with E-state index in [1.54, 1.807) is 10.6 Å². The van der Waals surface area contributed by atoms with E-state index in [9.17, 15) is 4.79 Å². The minimum Gasteiger partial charge on any atom is -0.366 e. The number of pyridine rings is 1. The maximum Gasteiger partial charge on any atom is 0.382 e. The molecule has 0 N–H and O–H groups in total. The van der Waals surface area contributed by atoms with Crippen molar-refractivity contribution >= 4 is 5.97 Å². The molecule has 82 valence electrons. The molecule has 1 aromatic rings. The quantitative estimate of drug-likeness (QED) is 0.328. The Bertz CT molecular complexity index is 330. The van der Waals surface area contributed by atoms with Crippen molar-refractivity contribution in [2.75, 3.05) is 0 Å². The summed E-state index contributed by atoms with van der Waals surface area (Å²) in [6.07, 6.45) is 1.82. The first-order valence-corrected chi connectivity index (χ1v) is 4.90. The average molecular weight is 236 g/mol. The fourth-order valence-corrected chi connectivity index (χ4v) is 0.972. The van der Waals surface area contributed by atoms with Crippen LogP contribution < -0.4 is 27.9 Å². The topological polar surface area (TPSA) is 122 Å². The van der Waals surface area contributed by atoms with Crippen LogP contribution in [0.15, 0.2) is 24.4 Å². The fraction of sp³-hybridized carbons (Fsp3) is 0.143. The molecule has 7 nitrogen and oxygen atoms in total. The molecule has 0 unspecified atom stereocenters. The number of carbonyl (C=O) groups excluding carboxylic acids is 1. The maximum absolute atomic E-state index is 10.7. The third-order valence-corrected chi connectivity index (χ3v) is 1.42. The highest BCUT2D eigenvalue weighted by Gasteiger charge is 2.26. The van der Waals surface area contributed by atoms with E-state index in [-0.39, 0.29) is 5.97 Å². The SMILES string of the molecule is O=C1C[n+]2ccccc2O1.[O-][Cl+3]([O-])([O-])[O-]. The Hall–Kier alpha value is -1.25. The molecule has 1 aromatic heterocycles. The van der Waals surface area contributed by atoms with Crippen LogP contribution in [0.5, 0.6) is 5.88 Å². The van der Waals surface area contributed by atoms with Gasteiger partial charge in [-0.15, -0.1) is 10.2 Å². The van der Waals surface area contributed by atoms with Gasteiger partial charge < -0.3 is 4.74 Å². The van der Waals surface area contributed by atoms with Crippen LogP contribution in [0, 0.1) is 10.2 Å². The first kappa shape index (κ1) is 11.8. The summed E-state index contributed by atoms with van der Waals surface area (Å²) in [5.41, 5.74) is 0. The van der Waals surface area contributed by atoms with Crippen molar-refractivity contribution < 1.29 is 43.0 Å². The number of carbonyl (C=O) groups is 1. The van der Waals surface area contributed by atoms with Crippen LogP contribution in [0.3, 0.4) is 0 Å². The molecule has 0 spiro atoms. The molecule has 8 heteroatoms. The van der Waals surface area contributed by atoms with Gasteiger partial charge in [0.1, 0.15) is 0 Å². The van der Waals surface area contributed by atoms with Gasteiger partial charge in [-0.2, -0.15) is 4.57 Å². The second kappa shape index (κ2) is 4.51. The van der Waals surface area contributed by atoms with Gasteiger partial charge in [-0.25, -0.2) is 23.4 Å². The molecular formula is C7H6ClNO6. The highest BCUT2D eigenvalue weighted by molar-refractivity contribution is 5.71. The molecule has 0 bridgehead atoms. The minimum atomic E-state index is -4.94. The van der Waals surface area contributed by atoms with Crippen molar-refractivity contribution in [3.8, 4) is 5.88 Å². The number of rotatable bonds is 0. The number of hydrogen-bond acceptors (Lipinski definition) is 6. The molecule has 1 aliphatic heterocycles. The summed E-state index contributed by atoms with van der Waals surface area (Å²) >= 11 is 0. The fourth-order valence-electron chi connectivity index (χ4n) is 0.972. The monoisotopic (exact) mass is 235 g/mol. The van der Waals surface area contributed by atoms with E-state index in [0.29, 0.717) is 12.4 Å². The number of halogens is 1. The van der Waals surface area contributed by atoms with Gasteiger partial charge in [0.05, 0.1) is 6.07 Å². The van der Waals surface area contributed by atoms with E-state index in [0.717, 1.165) is 0 Å². The lowest BCUT2D eigenvalue weighted by atomic mass is 10.5. The van der Waals surface area contributed by atoms with Crippen molar-refractivity contribution in [1.82, 2.24) is 0 Å². The zero-order valence-electron chi connectivity index (χ0n) is 7.29. The molecule has 0 atom stereocenters. The second-order valence-electron chi connectivity index (χ2n) is 2.52. The normalized spacial score (nSPS) is 13.7. The summed E-state index contributed by atoms with van der Waals surface area (Å²) in [4.78, 5) is 10.7. The van der Waals surface area contributed by atoms with Gasteiger partial charge in [0.2, 0.25) is 6.54 Å². The van der Waals surface area contributed by atoms with Gasteiger partial charge in [-0.1, -0.05) is 0 Å². The summed E-state index contributed by atoms with van der Waals surface area (Å²) in [5.74, 6) is 0.443. The number of aromatic nitrogens is 1. The predicted molar refractivity (Wildman–Crippen MR) is 32.3 cm³/mol. The van der Waals surface area contributed by atoms with Crippen LogP contribution in [-0.2, 0) is 11.3 Å². The van der Waals surface area contributed by atoms with Crippen molar-refractivity contribution in [2.45, 2.75) is 6.54 Å². The predicted octanol–water partition coefficient (Wildman–Crippen LogP) is -4.86. The third-order valence-electron chi connectivity index (χ3n) is 1.42. The molecule has 0 aromatic carbocycles. The summed E-state index contributed by atoms with van der Waals surface area (Å²) < 4.78 is 40.6. The zero-order valence-corrected chi connectivity index (χ0v) is 8.05. The molecular weight excluding hydrogens is 230 g/mol. The largest absolute Gasteiger partial charge is 0.382 e. The molecule has 0 radical (unpaired) electrons. The summed E-state index contributed by atoms with van der Waals surface area (Å²) in [5, 5.41) is 0. The van der Waals surface area contributed by atoms with E-state index < -0.39 is 10.2 Å². The van der Waals surface area contributed by atoms with Crippen LogP contribution >= 0.6 is 0 Å². The van der Waals surface area contributed by atoms with Gasteiger partial charge in [-0.05, 0) is 6.07 Å². The molecule has 0 aliphatic carbocycles. The molecule has 2 heterocycles. The molecule has 0 amide bonds. The van der Waals surface area contributed by atoms with Crippen molar-refractivity contribution in [3.63, 3.8) is 0 Å². The number of ether oxygens (including phenoxy) is 1. The average Bonchev–Trinajstić information content (AvgIpc) is 2.40. The van der Waals surface area contributed by atoms with Crippen LogP contribution in [0.4, 0.5) is 0 Å². The number of nitrogens with zero attached hydrogens (tertiary/aromatic N) is 1. The van der Waals surface area contributed by atoms with Gasteiger partial charge in [0.15, 0.2) is 6.20 Å². The standard InChI is InChI=1S/C7H6NO2.ClHO4/c9-7-5-8-4-2-1-3-6(8)10-7;2-1(3,4)5/h1-4H,5H2;(H,2,3,4,5)/q+1;/p-1. The Morgan fingerprint density at radius 2 is 1.87 bits per heavy atom. The zero-order chi connectivity index (χ0) is 11.5. The minimum absolute atomic E-state index is 0.189. The van der Waals surface area contributed by atoms with Crippen molar-refractivity contribution in [1.29, 1.82) is 0 Å². The second-order valence-corrected chi connectivity index (χ2v) is 3.27. The van der Waals surface area contributed by atoms with Crippen molar-refractivity contribution in [2.24, 2.45) is 0 Å². The lowest BCUT2D eigenvalue weighted by molar-refractivity contribution is -2.00. The van der Waals surface area contributed by atoms with E-state index in [1.807, 2.05) is 18.3 Å². The smallest absolute Gasteiger partial charge is 0.366 e. The van der Waals surface area contributed by atoms with Crippen LogP contribution in [0.25, 0.3) is 0 Å². The van der Waals surface area contributed by atoms with E-state index in [2.05, 4.69) is 0 Å². The molecule has 0 fully saturated rings. The maximum atomic E-state index is 10.7. The third kappa shape index (κ3) is 4.68. The molecule has 0 saturated carbocycles. The van der Waals surface area contributed by atoms with Gasteiger partial charge in [0, 0.05) is 6.07 Å². The van der Waals surface area contributed by atoms with E-state index in [4.69, 9.17) is 23.4 Å². The Morgan fingerprint density at radius 1 is 1.27 bits per heavy atom. The number of fused-ring (bicyclic) bond motifs is 1. The van der Waals surface area contributed by atoms with E-state index >= 15 is 0 Å². The van der Waals surface area contributed by atoms with E-state index in [1.165, 1.54) is 0 Å². The van der Waals surface area contributed by atoms with Crippen LogP contribution in [0.2, 0.25) is 0 Å². The molecule has 0 saturated heterocycles. The first-order chi connectivity index (χ1) is 6.86. The van der Waals surface area contributed by atoms with Crippen molar-refractivity contribution in [3.05, 3.63) is 24.4 Å². The highest BCUT2D eigenvalue weighted by atomic mass is 35.7. The molecule has 1 aliphatic rings. The number of hydrogen-bond donors (Lipinski definition) is 0. The Balaban J connectivity index is 0.000000195. The first-order valence-electron chi connectivity index (χ1n) is 3.67. The Labute approximate surface area is 86.5 Å². The summed E-state index contributed by atoms with van der Waals surface area (Å²) in [7, 11) is -4.94. The van der Waals surface area contributed by atoms with Crippen LogP contribution in [-0.4, -0.2) is 5.97 Å². The molecule has 2 rings (SSSR count). The lowest BCUT2D eigenvalue weighted by Crippen LogP contribution is -2.68. The van der Waals surface area contributed by atoms with Gasteiger partial charge in [-0.3, -0.25) is 0 Å². The number of esters is 1. The van der Waals surface area contributed by atoms with Gasteiger partial charge in [0.25, 0.3) is 0 Å². The summed E-state index contributed by atoms with van der Waals surface area (Å²) in [6.45, 7) is 0.343. The Morgan fingerprint density at radius 3 is 2.40 bits per heavy atom. The lowest BCUT2D eigenvalue weighted by Gasteiger charge is -2.17. The van der Waals surface area contributed by atoms with Crippen LogP contribution in [0.1, 0.15) is 0 Å². The highest BCUT2D eigenvalue weighted by Crippen LogP contribution is 2.06. The van der Waals surface area contributed by atoms with Gasteiger partial charge >= 0.3 is 11.8 Å². The molecule has 15 heavy (non-hydrogen) atoms. The Kier molecular flexibility index (Phi) is 3.56. The summed E-state index contributed by atoms with van der Waals surface area (Å²) in [6, 6.07) is 5.47.